The molecule has 0 saturated heterocycles. The number of hydrogen-bond acceptors (Lipinski definition) is 4. The molecule has 0 spiro atoms. The monoisotopic (exact) mass is 233 g/mol. The summed E-state index contributed by atoms with van der Waals surface area (Å²) in [5.41, 5.74) is 8.29. The molecule has 4 heteroatoms. The number of nitrogen functional groups attached to an aromatic ring is 1. The number of unbranched alkanes of at least 4 members (excludes halogenated alkanes) is 2. The van der Waals surface area contributed by atoms with E-state index in [2.05, 4.69) is 11.4 Å². The summed E-state index contributed by atoms with van der Waals surface area (Å²) in [4.78, 5) is 0. The average molecular weight is 233 g/mol. The second-order valence-corrected chi connectivity index (χ2v) is 3.96. The molecule has 17 heavy (non-hydrogen) atoms. The Balaban J connectivity index is 2.43. The molecule has 0 saturated carbocycles. The van der Waals surface area contributed by atoms with Gasteiger partial charge in [0.15, 0.2) is 0 Å². The molecule has 0 unspecified atom stereocenters. The molecule has 4 N–H and O–H groups in total. The number of benzene rings is 1. The molecule has 0 aliphatic heterocycles. The number of rotatable bonds is 7. The number of hydrogen-bond donors (Lipinski definition) is 3. The highest BCUT2D eigenvalue weighted by atomic mass is 16.2. The highest BCUT2D eigenvalue weighted by molar-refractivity contribution is 5.57. The lowest BCUT2D eigenvalue weighted by Gasteiger charge is -2.09. The molecule has 0 aliphatic rings. The molecule has 0 amide bonds. The lowest BCUT2D eigenvalue weighted by Crippen LogP contribution is -2.03. The Morgan fingerprint density at radius 1 is 1.29 bits per heavy atom. The summed E-state index contributed by atoms with van der Waals surface area (Å²) in [6.07, 6.45) is 3.23. The van der Waals surface area contributed by atoms with Crippen LogP contribution in [0, 0.1) is 11.3 Å². The Bertz CT molecular complexity index is 385. The van der Waals surface area contributed by atoms with Crippen molar-refractivity contribution in [2.45, 2.75) is 25.7 Å². The standard InChI is InChI=1S/C13H19N3O/c14-7-6-11-10-12(4-5-13(11)15)16-8-2-1-3-9-17/h4-5,10,16-17H,1-3,6,8-9,15H2. The third kappa shape index (κ3) is 4.75. The van der Waals surface area contributed by atoms with E-state index in [0.717, 1.165) is 37.1 Å². The van der Waals surface area contributed by atoms with E-state index in [0.29, 0.717) is 12.1 Å². The van der Waals surface area contributed by atoms with E-state index >= 15 is 0 Å². The summed E-state index contributed by atoms with van der Waals surface area (Å²) in [7, 11) is 0. The van der Waals surface area contributed by atoms with Gasteiger partial charge in [0.1, 0.15) is 0 Å². The van der Waals surface area contributed by atoms with Crippen LogP contribution in [0.15, 0.2) is 18.2 Å². The molecule has 0 heterocycles. The number of anilines is 2. The van der Waals surface area contributed by atoms with Crippen LogP contribution in [0.3, 0.4) is 0 Å². The van der Waals surface area contributed by atoms with Crippen molar-refractivity contribution in [1.29, 1.82) is 5.26 Å². The van der Waals surface area contributed by atoms with Crippen LogP contribution < -0.4 is 11.1 Å². The maximum atomic E-state index is 8.66. The van der Waals surface area contributed by atoms with Crippen molar-refractivity contribution in [3.05, 3.63) is 23.8 Å². The summed E-state index contributed by atoms with van der Waals surface area (Å²) in [6.45, 7) is 1.13. The lowest BCUT2D eigenvalue weighted by atomic mass is 10.1. The van der Waals surface area contributed by atoms with Crippen molar-refractivity contribution in [2.75, 3.05) is 24.2 Å². The molecule has 0 fully saturated rings. The molecule has 0 atom stereocenters. The molecule has 0 bridgehead atoms. The quantitative estimate of drug-likeness (QED) is 0.496. The summed E-state index contributed by atoms with van der Waals surface area (Å²) < 4.78 is 0. The minimum atomic E-state index is 0.258. The zero-order chi connectivity index (χ0) is 12.5. The second-order valence-electron chi connectivity index (χ2n) is 3.96. The highest BCUT2D eigenvalue weighted by Crippen LogP contribution is 2.18. The first kappa shape index (κ1) is 13.3. The molecule has 1 rings (SSSR count). The van der Waals surface area contributed by atoms with Gasteiger partial charge in [-0.25, -0.2) is 0 Å². The van der Waals surface area contributed by atoms with Gasteiger partial charge in [-0.3, -0.25) is 0 Å². The van der Waals surface area contributed by atoms with Gasteiger partial charge in [-0.15, -0.1) is 0 Å². The van der Waals surface area contributed by atoms with Crippen LogP contribution in [0.2, 0.25) is 0 Å². The predicted octanol–water partition coefficient (Wildman–Crippen LogP) is 1.91. The number of nitrogens with zero attached hydrogens (tertiary/aromatic N) is 1. The predicted molar refractivity (Wildman–Crippen MR) is 69.6 cm³/mol. The SMILES string of the molecule is N#CCc1cc(NCCCCCO)ccc1N. The summed E-state index contributed by atoms with van der Waals surface area (Å²) >= 11 is 0. The van der Waals surface area contributed by atoms with Crippen molar-refractivity contribution in [3.63, 3.8) is 0 Å². The number of nitrogens with two attached hydrogens (primary N) is 1. The number of nitrogens with one attached hydrogen (secondary N) is 1. The van der Waals surface area contributed by atoms with Gasteiger partial charge in [0.2, 0.25) is 0 Å². The van der Waals surface area contributed by atoms with Crippen LogP contribution in [0.4, 0.5) is 11.4 Å². The minimum absolute atomic E-state index is 0.258. The van der Waals surface area contributed by atoms with E-state index < -0.39 is 0 Å². The Labute approximate surface area is 102 Å². The van der Waals surface area contributed by atoms with Gasteiger partial charge in [-0.2, -0.15) is 5.26 Å². The third-order valence-electron chi connectivity index (χ3n) is 2.58. The molecule has 4 nitrogen and oxygen atoms in total. The van der Waals surface area contributed by atoms with Crippen LogP contribution in [0.5, 0.6) is 0 Å². The van der Waals surface area contributed by atoms with Crippen LogP contribution >= 0.6 is 0 Å². The zero-order valence-corrected chi connectivity index (χ0v) is 9.95. The van der Waals surface area contributed by atoms with Gasteiger partial charge < -0.3 is 16.2 Å². The smallest absolute Gasteiger partial charge is 0.0670 e. The van der Waals surface area contributed by atoms with Gasteiger partial charge >= 0.3 is 0 Å². The van der Waals surface area contributed by atoms with Crippen LogP contribution in [-0.2, 0) is 6.42 Å². The Morgan fingerprint density at radius 3 is 2.82 bits per heavy atom. The number of nitriles is 1. The second kappa shape index (κ2) is 7.53. The maximum absolute atomic E-state index is 8.66. The van der Waals surface area contributed by atoms with E-state index in [-0.39, 0.29) is 6.61 Å². The Morgan fingerprint density at radius 2 is 2.12 bits per heavy atom. The highest BCUT2D eigenvalue weighted by Gasteiger charge is 2.00. The first-order valence-corrected chi connectivity index (χ1v) is 5.88. The number of aliphatic hydroxyl groups excluding tert-OH is 1. The molecule has 0 aromatic heterocycles. The van der Waals surface area contributed by atoms with Crippen molar-refractivity contribution >= 4 is 11.4 Å². The van der Waals surface area contributed by atoms with Gasteiger partial charge in [0, 0.05) is 24.5 Å². The summed E-state index contributed by atoms with van der Waals surface area (Å²) in [5.74, 6) is 0. The first-order chi connectivity index (χ1) is 8.27. The average Bonchev–Trinajstić information content (AvgIpc) is 2.33. The lowest BCUT2D eigenvalue weighted by molar-refractivity contribution is 0.283. The minimum Gasteiger partial charge on any atom is -0.398 e. The van der Waals surface area contributed by atoms with Gasteiger partial charge in [-0.1, -0.05) is 0 Å². The van der Waals surface area contributed by atoms with E-state index in [1.807, 2.05) is 18.2 Å². The molecule has 0 radical (unpaired) electrons. The van der Waals surface area contributed by atoms with E-state index in [1.54, 1.807) is 0 Å². The van der Waals surface area contributed by atoms with Crippen LogP contribution in [0.25, 0.3) is 0 Å². The van der Waals surface area contributed by atoms with E-state index in [9.17, 15) is 0 Å². The van der Waals surface area contributed by atoms with Crippen LogP contribution in [0.1, 0.15) is 24.8 Å². The fourth-order valence-corrected chi connectivity index (χ4v) is 1.60. The normalized spacial score (nSPS) is 9.88. The largest absolute Gasteiger partial charge is 0.398 e. The summed E-state index contributed by atoms with van der Waals surface area (Å²) in [5, 5.41) is 20.6. The van der Waals surface area contributed by atoms with Crippen molar-refractivity contribution in [1.82, 2.24) is 0 Å². The zero-order valence-electron chi connectivity index (χ0n) is 9.95. The third-order valence-corrected chi connectivity index (χ3v) is 2.58. The molecule has 1 aromatic rings. The van der Waals surface area contributed by atoms with Gasteiger partial charge in [0.25, 0.3) is 0 Å². The van der Waals surface area contributed by atoms with Crippen molar-refractivity contribution in [2.24, 2.45) is 0 Å². The van der Waals surface area contributed by atoms with Crippen molar-refractivity contribution < 1.29 is 5.11 Å². The van der Waals surface area contributed by atoms with Gasteiger partial charge in [0.05, 0.1) is 12.5 Å². The molecule has 92 valence electrons. The summed E-state index contributed by atoms with van der Waals surface area (Å²) in [6, 6.07) is 7.76. The maximum Gasteiger partial charge on any atom is 0.0670 e. The Kier molecular flexibility index (Phi) is 5.91. The fraction of sp³-hybridized carbons (Fsp3) is 0.462. The number of aliphatic hydroxyl groups is 1. The fourth-order valence-electron chi connectivity index (χ4n) is 1.60. The molecule has 1 aromatic carbocycles. The molecule has 0 aliphatic carbocycles. The molecular formula is C13H19N3O. The van der Waals surface area contributed by atoms with Gasteiger partial charge in [-0.05, 0) is 43.0 Å². The van der Waals surface area contributed by atoms with Crippen molar-refractivity contribution in [3.8, 4) is 6.07 Å². The molecular weight excluding hydrogens is 214 g/mol. The topological polar surface area (TPSA) is 82.1 Å². The van der Waals surface area contributed by atoms with E-state index in [4.69, 9.17) is 16.1 Å². The van der Waals surface area contributed by atoms with Crippen LogP contribution in [-0.4, -0.2) is 18.3 Å². The van der Waals surface area contributed by atoms with E-state index in [1.165, 1.54) is 0 Å². The Hall–Kier alpha value is -1.73. The first-order valence-electron chi connectivity index (χ1n) is 5.88.